The molecule has 3 heteroatoms. The van der Waals surface area contributed by atoms with Crippen LogP contribution in [0.25, 0.3) is 0 Å². The zero-order chi connectivity index (χ0) is 11.6. The summed E-state index contributed by atoms with van der Waals surface area (Å²) in [5.74, 6) is 6.38. The summed E-state index contributed by atoms with van der Waals surface area (Å²) in [5.41, 5.74) is 5.94. The van der Waals surface area contributed by atoms with E-state index in [1.807, 2.05) is 19.1 Å². The topological polar surface area (TPSA) is 47.3 Å². The van der Waals surface area contributed by atoms with E-state index in [4.69, 9.17) is 10.6 Å². The van der Waals surface area contributed by atoms with Crippen molar-refractivity contribution >= 4 is 5.69 Å². The number of rotatable bonds is 2. The molecule has 3 N–H and O–H groups in total. The van der Waals surface area contributed by atoms with Crippen molar-refractivity contribution in [1.29, 1.82) is 0 Å². The van der Waals surface area contributed by atoms with E-state index in [2.05, 4.69) is 26.2 Å². The van der Waals surface area contributed by atoms with E-state index in [-0.39, 0.29) is 5.41 Å². The highest BCUT2D eigenvalue weighted by molar-refractivity contribution is 5.58. The Kier molecular flexibility index (Phi) is 3.25. The first-order valence-corrected chi connectivity index (χ1v) is 5.06. The summed E-state index contributed by atoms with van der Waals surface area (Å²) in [5, 5.41) is 0. The van der Waals surface area contributed by atoms with Gasteiger partial charge in [0.25, 0.3) is 0 Å². The Bertz CT molecular complexity index is 353. The summed E-state index contributed by atoms with van der Waals surface area (Å²) in [6.45, 7) is 8.46. The third-order valence-electron chi connectivity index (χ3n) is 2.51. The molecule has 0 radical (unpaired) electrons. The first kappa shape index (κ1) is 11.9. The number of hydrazine groups is 1. The van der Waals surface area contributed by atoms with Gasteiger partial charge in [0.1, 0.15) is 5.75 Å². The summed E-state index contributed by atoms with van der Waals surface area (Å²) in [6.07, 6.45) is 0. The third-order valence-corrected chi connectivity index (χ3v) is 2.51. The van der Waals surface area contributed by atoms with Gasteiger partial charge in [-0.2, -0.15) is 0 Å². The number of nitrogens with one attached hydrogen (secondary N) is 1. The van der Waals surface area contributed by atoms with Gasteiger partial charge in [-0.15, -0.1) is 0 Å². The lowest BCUT2D eigenvalue weighted by molar-refractivity contribution is 0.397. The predicted octanol–water partition coefficient (Wildman–Crippen LogP) is 2.59. The monoisotopic (exact) mass is 208 g/mol. The van der Waals surface area contributed by atoms with E-state index < -0.39 is 0 Å². The minimum atomic E-state index is 0.0463. The highest BCUT2D eigenvalue weighted by Gasteiger charge is 2.20. The minimum absolute atomic E-state index is 0.0463. The highest BCUT2D eigenvalue weighted by atomic mass is 16.5. The predicted molar refractivity (Wildman–Crippen MR) is 64.2 cm³/mol. The number of methoxy groups -OCH3 is 1. The quantitative estimate of drug-likeness (QED) is 0.580. The number of nitrogen functional groups attached to an aromatic ring is 1. The maximum atomic E-state index is 5.46. The molecule has 1 aromatic rings. The van der Waals surface area contributed by atoms with Gasteiger partial charge in [-0.05, 0) is 30.0 Å². The van der Waals surface area contributed by atoms with Gasteiger partial charge in [0.15, 0.2) is 0 Å². The maximum Gasteiger partial charge on any atom is 0.122 e. The Morgan fingerprint density at radius 2 is 1.87 bits per heavy atom. The second-order valence-electron chi connectivity index (χ2n) is 4.76. The molecule has 0 aliphatic carbocycles. The molecule has 0 spiro atoms. The van der Waals surface area contributed by atoms with Gasteiger partial charge < -0.3 is 10.2 Å². The van der Waals surface area contributed by atoms with Crippen LogP contribution in [0.1, 0.15) is 31.9 Å². The second kappa shape index (κ2) is 4.11. The first-order valence-electron chi connectivity index (χ1n) is 5.06. The van der Waals surface area contributed by atoms with Crippen molar-refractivity contribution < 1.29 is 4.74 Å². The summed E-state index contributed by atoms with van der Waals surface area (Å²) >= 11 is 0. The number of ether oxygens (including phenoxy) is 1. The third kappa shape index (κ3) is 2.42. The van der Waals surface area contributed by atoms with E-state index in [0.29, 0.717) is 0 Å². The second-order valence-corrected chi connectivity index (χ2v) is 4.76. The summed E-state index contributed by atoms with van der Waals surface area (Å²) in [4.78, 5) is 0. The highest BCUT2D eigenvalue weighted by Crippen LogP contribution is 2.35. The molecule has 0 saturated carbocycles. The molecule has 0 aliphatic heterocycles. The van der Waals surface area contributed by atoms with E-state index in [0.717, 1.165) is 22.6 Å². The summed E-state index contributed by atoms with van der Waals surface area (Å²) < 4.78 is 5.38. The molecular weight excluding hydrogens is 188 g/mol. The van der Waals surface area contributed by atoms with Crippen molar-refractivity contribution in [2.45, 2.75) is 33.1 Å². The average molecular weight is 208 g/mol. The van der Waals surface area contributed by atoms with E-state index in [1.54, 1.807) is 7.11 Å². The van der Waals surface area contributed by atoms with Gasteiger partial charge in [-0.1, -0.05) is 20.8 Å². The molecule has 0 aromatic heterocycles. The Hall–Kier alpha value is -1.22. The normalized spacial score (nSPS) is 11.3. The molecule has 0 saturated heterocycles. The maximum absolute atomic E-state index is 5.46. The van der Waals surface area contributed by atoms with Gasteiger partial charge >= 0.3 is 0 Å². The standard InChI is InChI=1S/C12H20N2O/c1-8-6-11(15-5)9(12(2,3)4)7-10(8)14-13/h6-7,14H,13H2,1-5H3. The minimum Gasteiger partial charge on any atom is -0.496 e. The van der Waals surface area contributed by atoms with E-state index in [9.17, 15) is 0 Å². The zero-order valence-electron chi connectivity index (χ0n) is 10.1. The van der Waals surface area contributed by atoms with Crippen LogP contribution in [0.15, 0.2) is 12.1 Å². The van der Waals surface area contributed by atoms with Crippen LogP contribution in [0.2, 0.25) is 0 Å². The number of benzene rings is 1. The van der Waals surface area contributed by atoms with Crippen LogP contribution >= 0.6 is 0 Å². The lowest BCUT2D eigenvalue weighted by Gasteiger charge is -2.23. The molecule has 0 heterocycles. The van der Waals surface area contributed by atoms with Gasteiger partial charge in [0.2, 0.25) is 0 Å². The van der Waals surface area contributed by atoms with Gasteiger partial charge in [-0.25, -0.2) is 0 Å². The molecule has 0 aliphatic rings. The van der Waals surface area contributed by atoms with Crippen molar-refractivity contribution in [1.82, 2.24) is 0 Å². The smallest absolute Gasteiger partial charge is 0.122 e. The van der Waals surface area contributed by atoms with Crippen LogP contribution in [0, 0.1) is 6.92 Å². The van der Waals surface area contributed by atoms with Crippen LogP contribution in [0.5, 0.6) is 5.75 Å². The van der Waals surface area contributed by atoms with Crippen LogP contribution in [-0.2, 0) is 5.41 Å². The molecule has 0 fully saturated rings. The van der Waals surface area contributed by atoms with Crippen LogP contribution < -0.4 is 16.0 Å². The average Bonchev–Trinajstić information content (AvgIpc) is 2.15. The van der Waals surface area contributed by atoms with Gasteiger partial charge in [0, 0.05) is 5.56 Å². The summed E-state index contributed by atoms with van der Waals surface area (Å²) in [7, 11) is 1.69. The molecule has 0 bridgehead atoms. The number of hydrogen-bond acceptors (Lipinski definition) is 3. The lowest BCUT2D eigenvalue weighted by Crippen LogP contribution is -2.15. The van der Waals surface area contributed by atoms with Crippen molar-refractivity contribution in [3.8, 4) is 5.75 Å². The Morgan fingerprint density at radius 1 is 1.27 bits per heavy atom. The fourth-order valence-electron chi connectivity index (χ4n) is 1.59. The van der Waals surface area contributed by atoms with Gasteiger partial charge in [-0.3, -0.25) is 5.84 Å². The number of anilines is 1. The molecule has 1 aromatic carbocycles. The fraction of sp³-hybridized carbons (Fsp3) is 0.500. The van der Waals surface area contributed by atoms with E-state index in [1.165, 1.54) is 0 Å². The molecule has 84 valence electrons. The van der Waals surface area contributed by atoms with Crippen LogP contribution in [-0.4, -0.2) is 7.11 Å². The van der Waals surface area contributed by atoms with E-state index >= 15 is 0 Å². The molecule has 3 nitrogen and oxygen atoms in total. The largest absolute Gasteiger partial charge is 0.496 e. The molecule has 0 unspecified atom stereocenters. The lowest BCUT2D eigenvalue weighted by atomic mass is 9.85. The van der Waals surface area contributed by atoms with Crippen LogP contribution in [0.4, 0.5) is 5.69 Å². The van der Waals surface area contributed by atoms with Crippen molar-refractivity contribution in [2.24, 2.45) is 5.84 Å². The Balaban J connectivity index is 3.36. The molecule has 0 amide bonds. The Morgan fingerprint density at radius 3 is 2.27 bits per heavy atom. The molecule has 1 rings (SSSR count). The number of nitrogens with two attached hydrogens (primary N) is 1. The number of hydrogen-bond donors (Lipinski definition) is 2. The van der Waals surface area contributed by atoms with Crippen LogP contribution in [0.3, 0.4) is 0 Å². The Labute approximate surface area is 91.6 Å². The summed E-state index contributed by atoms with van der Waals surface area (Å²) in [6, 6.07) is 4.06. The van der Waals surface area contributed by atoms with Crippen molar-refractivity contribution in [3.05, 3.63) is 23.3 Å². The van der Waals surface area contributed by atoms with Gasteiger partial charge in [0.05, 0.1) is 12.8 Å². The van der Waals surface area contributed by atoms with Crippen molar-refractivity contribution in [3.63, 3.8) is 0 Å². The molecule has 15 heavy (non-hydrogen) atoms. The SMILES string of the molecule is COc1cc(C)c(NN)cc1C(C)(C)C. The fourth-order valence-corrected chi connectivity index (χ4v) is 1.59. The molecule has 0 atom stereocenters. The molecular formula is C12H20N2O. The van der Waals surface area contributed by atoms with Crippen molar-refractivity contribution in [2.75, 3.05) is 12.5 Å². The zero-order valence-corrected chi connectivity index (χ0v) is 10.1. The number of aryl methyl sites for hydroxylation is 1. The first-order chi connectivity index (χ1) is 6.90.